The predicted molar refractivity (Wildman–Crippen MR) is 262 cm³/mol. The molecule has 0 spiro atoms. The lowest BCUT2D eigenvalue weighted by Crippen LogP contribution is -2.57. The van der Waals surface area contributed by atoms with Crippen LogP contribution in [0.5, 0.6) is 0 Å². The van der Waals surface area contributed by atoms with Crippen molar-refractivity contribution in [3.05, 3.63) is 77.9 Å². The zero-order valence-electron chi connectivity index (χ0n) is 41.3. The highest BCUT2D eigenvalue weighted by Gasteiger charge is 2.35. The first-order chi connectivity index (χ1) is 35.5. The number of rotatable bonds is 31. The SMILES string of the molecule is C[N+]1(CC(=O)NC(Cc2ccc3ccccc3c2)C(=O)NCCCCC(NC(=O)NC(CCC(=O)O)C(=O)O)C(=O)O)CCC(CC(=O)CCC(NC(=O)CCC(NC(=O)c2ccc([18F])nc2)C(=O)O)C(=O)O)CC1. The maximum Gasteiger partial charge on any atom is 0.326 e. The van der Waals surface area contributed by atoms with Crippen molar-refractivity contribution in [3.63, 3.8) is 0 Å². The number of nitrogens with zero attached hydrogens (tertiary/aromatic N) is 2. The normalized spacial score (nSPS) is 17.1. The number of Topliss-reactive ketones (excluding diaryl/α,β-unsaturated/α-hetero) is 1. The van der Waals surface area contributed by atoms with Crippen LogP contribution < -0.4 is 31.9 Å². The van der Waals surface area contributed by atoms with Gasteiger partial charge in [0.25, 0.3) is 11.8 Å². The van der Waals surface area contributed by atoms with Gasteiger partial charge in [0.2, 0.25) is 17.8 Å². The molecule has 1 aliphatic heterocycles. The van der Waals surface area contributed by atoms with Crippen molar-refractivity contribution in [2.24, 2.45) is 5.92 Å². The molecule has 0 bridgehead atoms. The van der Waals surface area contributed by atoms with E-state index in [2.05, 4.69) is 36.9 Å². The number of urea groups is 1. The molecule has 0 radical (unpaired) electrons. The van der Waals surface area contributed by atoms with Crippen LogP contribution in [-0.4, -0.2) is 164 Å². The molecule has 11 N–H and O–H groups in total. The Morgan fingerprint density at radius 1 is 0.640 bits per heavy atom. The average molecular weight is 1050 g/mol. The van der Waals surface area contributed by atoms with Gasteiger partial charge in [0.1, 0.15) is 36.0 Å². The molecule has 5 unspecified atom stereocenters. The minimum Gasteiger partial charge on any atom is -0.481 e. The predicted octanol–water partition coefficient (Wildman–Crippen LogP) is 1.59. The summed E-state index contributed by atoms with van der Waals surface area (Å²) in [7, 11) is 1.89. The van der Waals surface area contributed by atoms with Gasteiger partial charge in [0, 0.05) is 57.7 Å². The van der Waals surface area contributed by atoms with Crippen molar-refractivity contribution in [3.8, 4) is 0 Å². The van der Waals surface area contributed by atoms with Gasteiger partial charge in [0.05, 0.1) is 25.7 Å². The molecule has 406 valence electrons. The van der Waals surface area contributed by atoms with E-state index in [-0.39, 0.29) is 75.3 Å². The number of quaternary nitrogens is 1. The van der Waals surface area contributed by atoms with Crippen molar-refractivity contribution in [2.75, 3.05) is 33.2 Å². The Hall–Kier alpha value is -8.09. The fourth-order valence-corrected chi connectivity index (χ4v) is 8.49. The van der Waals surface area contributed by atoms with Crippen LogP contribution in [0.2, 0.25) is 0 Å². The molecule has 0 aliphatic carbocycles. The summed E-state index contributed by atoms with van der Waals surface area (Å²) in [6, 6.07) is 7.22. The Morgan fingerprint density at radius 3 is 1.83 bits per heavy atom. The monoisotopic (exact) mass is 1050 g/mol. The third-order valence-corrected chi connectivity index (χ3v) is 12.8. The van der Waals surface area contributed by atoms with Gasteiger partial charge in [-0.3, -0.25) is 28.8 Å². The fourth-order valence-electron chi connectivity index (χ4n) is 8.49. The summed E-state index contributed by atoms with van der Waals surface area (Å²) in [5, 5.41) is 63.5. The Bertz CT molecular complexity index is 2560. The summed E-state index contributed by atoms with van der Waals surface area (Å²) in [5.41, 5.74) is 0.655. The molecule has 1 fully saturated rings. The number of halogens is 1. The van der Waals surface area contributed by atoms with Crippen molar-refractivity contribution in [2.45, 2.75) is 114 Å². The number of piperidine rings is 1. The number of aromatic nitrogens is 1. The van der Waals surface area contributed by atoms with E-state index in [4.69, 9.17) is 5.11 Å². The molecule has 1 saturated heterocycles. The van der Waals surface area contributed by atoms with Gasteiger partial charge in [0.15, 0.2) is 6.54 Å². The van der Waals surface area contributed by atoms with E-state index in [0.717, 1.165) is 34.7 Å². The molecule has 3 aromatic rings. The number of aliphatic carboxylic acids is 5. The molecular weight excluding hydrogens is 987 g/mol. The molecule has 4 rings (SSSR count). The van der Waals surface area contributed by atoms with Crippen molar-refractivity contribution in [1.29, 1.82) is 0 Å². The van der Waals surface area contributed by atoms with E-state index >= 15 is 0 Å². The summed E-state index contributed by atoms with van der Waals surface area (Å²) in [5.74, 6) is -10.8. The Labute approximate surface area is 429 Å². The number of carboxylic acids is 5. The number of carboxylic acid groups (broad SMARTS) is 5. The maximum atomic E-state index is 13.7. The summed E-state index contributed by atoms with van der Waals surface area (Å²) in [6.07, 6.45) is 0.445. The molecule has 25 heteroatoms. The van der Waals surface area contributed by atoms with Crippen LogP contribution in [-0.2, 0) is 49.6 Å². The third kappa shape index (κ3) is 20.7. The van der Waals surface area contributed by atoms with Crippen molar-refractivity contribution in [1.82, 2.24) is 36.9 Å². The van der Waals surface area contributed by atoms with E-state index < -0.39 is 121 Å². The number of nitrogens with one attached hydrogen (secondary N) is 6. The number of benzene rings is 2. The quantitative estimate of drug-likeness (QED) is 0.0248. The van der Waals surface area contributed by atoms with E-state index in [1.54, 1.807) is 0 Å². The van der Waals surface area contributed by atoms with Crippen LogP contribution in [0.1, 0.15) is 93.0 Å². The number of pyridine rings is 1. The second-order valence-electron chi connectivity index (χ2n) is 18.8. The zero-order chi connectivity index (χ0) is 55.2. The van der Waals surface area contributed by atoms with Gasteiger partial charge in [-0.25, -0.2) is 29.0 Å². The molecule has 75 heavy (non-hydrogen) atoms. The number of hydrogen-bond donors (Lipinski definition) is 11. The standard InChI is InChI=1S/C50H63FN8O16/c1-59(22-19-29(20-23-59)25-34(60)12-13-36(47(69)70)54-41(61)17-14-37(48(71)72)56-44(65)33-11-16-40(51)53-27-33)28-42(62)55-39(26-30-9-10-31-6-2-3-7-32(31)24-30)45(66)52-21-5-4-8-35(46(67)68)57-50(75)58-38(49(73)74)15-18-43(63)64/h2-3,6-7,9-11,16,24,27,29,35-39H,4-5,8,12-15,17-23,25-26,28H2,1H3,(H10-,52,54,55,56,57,58,61,62,63,64,65,66,67,68,69,70,71,72,73,74,75)/p+1/i51-1. The molecule has 0 saturated carbocycles. The summed E-state index contributed by atoms with van der Waals surface area (Å²) in [4.78, 5) is 139. The Balaban J connectivity index is 1.25. The smallest absolute Gasteiger partial charge is 0.326 e. The molecule has 6 amide bonds. The van der Waals surface area contributed by atoms with Crippen LogP contribution in [0.3, 0.4) is 0 Å². The molecule has 1 aliphatic rings. The number of hydrogen-bond acceptors (Lipinski definition) is 12. The summed E-state index contributed by atoms with van der Waals surface area (Å²) < 4.78 is 13.4. The van der Waals surface area contributed by atoms with E-state index in [0.29, 0.717) is 30.4 Å². The van der Waals surface area contributed by atoms with Crippen LogP contribution >= 0.6 is 0 Å². The van der Waals surface area contributed by atoms with Crippen LogP contribution in [0.15, 0.2) is 60.8 Å². The Kier molecular flexibility index (Phi) is 23.0. The zero-order valence-corrected chi connectivity index (χ0v) is 41.3. The fraction of sp³-hybridized carbons (Fsp3) is 0.480. The molecular formula is C50H64FN8O16+. The molecule has 5 atom stereocenters. The molecule has 2 aromatic carbocycles. The first-order valence-corrected chi connectivity index (χ1v) is 24.3. The summed E-state index contributed by atoms with van der Waals surface area (Å²) in [6.45, 7) is 1.11. The largest absolute Gasteiger partial charge is 0.481 e. The maximum absolute atomic E-state index is 13.7. The molecule has 1 aromatic heterocycles. The second-order valence-corrected chi connectivity index (χ2v) is 18.8. The minimum atomic E-state index is -1.56. The topological polar surface area (TPSA) is 374 Å². The van der Waals surface area contributed by atoms with Gasteiger partial charge in [-0.15, -0.1) is 0 Å². The van der Waals surface area contributed by atoms with Crippen LogP contribution in [0.4, 0.5) is 9.18 Å². The number of ketones is 1. The third-order valence-electron chi connectivity index (χ3n) is 12.8. The van der Waals surface area contributed by atoms with Crippen LogP contribution in [0, 0.1) is 11.9 Å². The lowest BCUT2D eigenvalue weighted by molar-refractivity contribution is -0.907. The average Bonchev–Trinajstić information content (AvgIpc) is 3.34. The number of amides is 6. The first kappa shape index (κ1) is 59.5. The lowest BCUT2D eigenvalue weighted by atomic mass is 9.89. The number of carbonyl (C=O) groups excluding carboxylic acids is 6. The van der Waals surface area contributed by atoms with E-state index in [9.17, 15) is 77.6 Å². The van der Waals surface area contributed by atoms with E-state index in [1.807, 2.05) is 49.5 Å². The molecule has 24 nitrogen and oxygen atoms in total. The number of fused-ring (bicyclic) bond motifs is 1. The van der Waals surface area contributed by atoms with Gasteiger partial charge >= 0.3 is 35.9 Å². The number of likely N-dealkylation sites (N-methyl/N-ethyl adjacent to an activating group) is 1. The van der Waals surface area contributed by atoms with Crippen molar-refractivity contribution >= 4 is 76.1 Å². The number of unbranched alkanes of at least 4 members (excludes halogenated alkanes) is 1. The number of likely N-dealkylation sites (tertiary alicyclic amines) is 1. The lowest BCUT2D eigenvalue weighted by Gasteiger charge is -2.40. The van der Waals surface area contributed by atoms with Gasteiger partial charge in [-0.1, -0.05) is 42.5 Å². The van der Waals surface area contributed by atoms with E-state index in [1.165, 1.54) is 0 Å². The van der Waals surface area contributed by atoms with Gasteiger partial charge in [-0.2, -0.15) is 4.39 Å². The van der Waals surface area contributed by atoms with Gasteiger partial charge < -0.3 is 61.9 Å². The Morgan fingerprint density at radius 2 is 1.21 bits per heavy atom. The second kappa shape index (κ2) is 29.0. The van der Waals surface area contributed by atoms with Crippen molar-refractivity contribution < 1.29 is 87.1 Å². The number of carbonyl (C=O) groups is 11. The van der Waals surface area contributed by atoms with Crippen LogP contribution in [0.25, 0.3) is 10.8 Å². The minimum absolute atomic E-state index is 0.0113. The molecule has 2 heterocycles. The first-order valence-electron chi connectivity index (χ1n) is 24.3. The van der Waals surface area contributed by atoms with Gasteiger partial charge in [-0.05, 0) is 72.9 Å². The summed E-state index contributed by atoms with van der Waals surface area (Å²) >= 11 is 0. The highest BCUT2D eigenvalue weighted by molar-refractivity contribution is 5.96. The highest BCUT2D eigenvalue weighted by Crippen LogP contribution is 2.26. The highest BCUT2D eigenvalue weighted by atomic mass is 18.2.